The Kier molecular flexibility index (Phi) is 6.67. The lowest BCUT2D eigenvalue weighted by molar-refractivity contribution is -0.120. The van der Waals surface area contributed by atoms with E-state index in [4.69, 9.17) is 5.26 Å². The quantitative estimate of drug-likeness (QED) is 0.774. The zero-order valence-corrected chi connectivity index (χ0v) is 15.1. The second-order valence-electron chi connectivity index (χ2n) is 6.32. The molecule has 1 aliphatic carbocycles. The zero-order valence-electron chi connectivity index (χ0n) is 15.1. The average Bonchev–Trinajstić information content (AvgIpc) is 2.61. The van der Waals surface area contributed by atoms with Gasteiger partial charge in [-0.2, -0.15) is 10.4 Å². The molecule has 1 aromatic heterocycles. The van der Waals surface area contributed by atoms with E-state index in [1.54, 1.807) is 13.8 Å². The van der Waals surface area contributed by atoms with Crippen LogP contribution in [0.4, 0.5) is 4.79 Å². The van der Waals surface area contributed by atoms with E-state index in [1.165, 1.54) is 18.4 Å². The molecule has 26 heavy (non-hydrogen) atoms. The number of hydrogen-bond donors (Lipinski definition) is 2. The summed E-state index contributed by atoms with van der Waals surface area (Å²) in [5.74, 6) is -0.666. The fourth-order valence-electron chi connectivity index (χ4n) is 2.83. The molecule has 3 amide bonds. The third-order valence-electron chi connectivity index (χ3n) is 4.41. The van der Waals surface area contributed by atoms with Crippen molar-refractivity contribution in [2.45, 2.75) is 52.5 Å². The lowest BCUT2D eigenvalue weighted by Crippen LogP contribution is -2.43. The van der Waals surface area contributed by atoms with Crippen LogP contribution in [0.15, 0.2) is 16.4 Å². The number of amides is 3. The third kappa shape index (κ3) is 5.02. The van der Waals surface area contributed by atoms with Crippen LogP contribution in [0.2, 0.25) is 0 Å². The number of rotatable bonds is 5. The van der Waals surface area contributed by atoms with Crippen molar-refractivity contribution >= 4 is 11.9 Å². The van der Waals surface area contributed by atoms with Crippen LogP contribution in [-0.4, -0.2) is 28.3 Å². The minimum atomic E-state index is -0.666. The molecule has 1 aromatic rings. The molecule has 2 rings (SSSR count). The summed E-state index contributed by atoms with van der Waals surface area (Å²) in [6.07, 6.45) is 7.52. The Morgan fingerprint density at radius 2 is 2.12 bits per heavy atom. The molecule has 8 nitrogen and oxygen atoms in total. The Morgan fingerprint density at radius 3 is 2.77 bits per heavy atom. The van der Waals surface area contributed by atoms with Crippen molar-refractivity contribution < 1.29 is 9.59 Å². The molecule has 0 radical (unpaired) electrons. The number of aryl methyl sites for hydroxylation is 1. The summed E-state index contributed by atoms with van der Waals surface area (Å²) < 4.78 is 0.899. The van der Waals surface area contributed by atoms with Crippen LogP contribution in [0.25, 0.3) is 0 Å². The number of nitrogens with zero attached hydrogens (tertiary/aromatic N) is 3. The molecule has 0 atom stereocenters. The largest absolute Gasteiger partial charge is 0.337 e. The minimum Gasteiger partial charge on any atom is -0.337 e. The predicted molar refractivity (Wildman–Crippen MR) is 95.4 cm³/mol. The fraction of sp³-hybridized carbons (Fsp3) is 0.500. The number of nitrogens with one attached hydrogen (secondary N) is 2. The van der Waals surface area contributed by atoms with Gasteiger partial charge in [0.05, 0.1) is 5.69 Å². The molecule has 0 aliphatic heterocycles. The van der Waals surface area contributed by atoms with Crippen molar-refractivity contribution in [2.75, 3.05) is 6.54 Å². The molecule has 0 aromatic carbocycles. The van der Waals surface area contributed by atoms with Crippen LogP contribution in [0.3, 0.4) is 0 Å². The average molecular weight is 357 g/mol. The van der Waals surface area contributed by atoms with Crippen LogP contribution in [-0.2, 0) is 11.3 Å². The summed E-state index contributed by atoms with van der Waals surface area (Å²) in [5.41, 5.74) is 1.62. The molecule has 0 fully saturated rings. The van der Waals surface area contributed by atoms with E-state index in [1.807, 2.05) is 6.07 Å². The van der Waals surface area contributed by atoms with Crippen LogP contribution in [0, 0.1) is 25.2 Å². The summed E-state index contributed by atoms with van der Waals surface area (Å²) >= 11 is 0. The molecule has 2 N–H and O–H groups in total. The zero-order chi connectivity index (χ0) is 19.1. The van der Waals surface area contributed by atoms with Gasteiger partial charge in [-0.05, 0) is 51.5 Å². The van der Waals surface area contributed by atoms with Gasteiger partial charge in [-0.3, -0.25) is 14.9 Å². The van der Waals surface area contributed by atoms with E-state index >= 15 is 0 Å². The number of aromatic nitrogens is 2. The lowest BCUT2D eigenvalue weighted by atomic mass is 9.97. The van der Waals surface area contributed by atoms with E-state index < -0.39 is 24.0 Å². The van der Waals surface area contributed by atoms with Gasteiger partial charge < -0.3 is 5.32 Å². The van der Waals surface area contributed by atoms with Gasteiger partial charge in [-0.25, -0.2) is 9.48 Å². The first-order valence-electron chi connectivity index (χ1n) is 8.66. The Morgan fingerprint density at radius 1 is 1.35 bits per heavy atom. The molecule has 8 heteroatoms. The number of carbonyl (C=O) groups is 2. The SMILES string of the molecule is Cc1nn(CC(=O)NC(=O)NCCC2=CCCCC2)c(=O)c(C#N)c1C. The van der Waals surface area contributed by atoms with Gasteiger partial charge in [-0.1, -0.05) is 11.6 Å². The van der Waals surface area contributed by atoms with Crippen molar-refractivity contribution in [2.24, 2.45) is 0 Å². The van der Waals surface area contributed by atoms with E-state index in [-0.39, 0.29) is 5.56 Å². The molecule has 0 saturated carbocycles. The maximum atomic E-state index is 12.1. The second-order valence-corrected chi connectivity index (χ2v) is 6.32. The van der Waals surface area contributed by atoms with Gasteiger partial charge in [0.2, 0.25) is 5.91 Å². The third-order valence-corrected chi connectivity index (χ3v) is 4.41. The number of imide groups is 1. The highest BCUT2D eigenvalue weighted by Gasteiger charge is 2.15. The van der Waals surface area contributed by atoms with Crippen molar-refractivity contribution in [3.63, 3.8) is 0 Å². The van der Waals surface area contributed by atoms with Gasteiger partial charge in [0.25, 0.3) is 5.56 Å². The predicted octanol–water partition coefficient (Wildman–Crippen LogP) is 1.45. The van der Waals surface area contributed by atoms with Crippen LogP contribution >= 0.6 is 0 Å². The van der Waals surface area contributed by atoms with Gasteiger partial charge in [-0.15, -0.1) is 0 Å². The standard InChI is InChI=1S/C18H23N5O3/c1-12-13(2)22-23(17(25)15(12)10-19)11-16(24)21-18(26)20-9-8-14-6-4-3-5-7-14/h6H,3-5,7-9,11H2,1-2H3,(H2,20,21,24,26). The Labute approximate surface area is 151 Å². The summed E-state index contributed by atoms with van der Waals surface area (Å²) in [7, 11) is 0. The summed E-state index contributed by atoms with van der Waals surface area (Å²) in [5, 5.41) is 17.9. The first-order chi connectivity index (χ1) is 12.4. The number of urea groups is 1. The summed E-state index contributed by atoms with van der Waals surface area (Å²) in [4.78, 5) is 35.9. The normalized spacial score (nSPS) is 13.5. The van der Waals surface area contributed by atoms with E-state index in [9.17, 15) is 14.4 Å². The fourth-order valence-corrected chi connectivity index (χ4v) is 2.83. The summed E-state index contributed by atoms with van der Waals surface area (Å²) in [6, 6.07) is 1.22. The number of allylic oxidation sites excluding steroid dienone is 1. The van der Waals surface area contributed by atoms with E-state index in [2.05, 4.69) is 21.8 Å². The maximum absolute atomic E-state index is 12.1. The topological polar surface area (TPSA) is 117 Å². The van der Waals surface area contributed by atoms with E-state index in [0.717, 1.165) is 23.9 Å². The van der Waals surface area contributed by atoms with Crippen molar-refractivity contribution in [3.8, 4) is 6.07 Å². The van der Waals surface area contributed by atoms with Gasteiger partial charge in [0.1, 0.15) is 18.2 Å². The highest BCUT2D eigenvalue weighted by molar-refractivity contribution is 5.94. The van der Waals surface area contributed by atoms with Crippen LogP contribution in [0.1, 0.15) is 48.9 Å². The monoisotopic (exact) mass is 357 g/mol. The Hall–Kier alpha value is -2.95. The highest BCUT2D eigenvalue weighted by atomic mass is 16.2. The van der Waals surface area contributed by atoms with Crippen LogP contribution in [0.5, 0.6) is 0 Å². The molecule has 0 spiro atoms. The van der Waals surface area contributed by atoms with Gasteiger partial charge >= 0.3 is 6.03 Å². The van der Waals surface area contributed by atoms with Crippen molar-refractivity contribution in [1.82, 2.24) is 20.4 Å². The molecule has 0 saturated heterocycles. The number of carbonyl (C=O) groups excluding carboxylic acids is 2. The van der Waals surface area contributed by atoms with Gasteiger partial charge in [0, 0.05) is 6.54 Å². The second kappa shape index (κ2) is 8.94. The Balaban J connectivity index is 1.87. The molecular weight excluding hydrogens is 334 g/mol. The number of nitriles is 1. The smallest absolute Gasteiger partial charge is 0.321 e. The molecule has 0 bridgehead atoms. The number of hydrogen-bond acceptors (Lipinski definition) is 5. The molecule has 1 aliphatic rings. The van der Waals surface area contributed by atoms with E-state index in [0.29, 0.717) is 17.8 Å². The minimum absolute atomic E-state index is 0.0458. The van der Waals surface area contributed by atoms with Crippen molar-refractivity contribution in [1.29, 1.82) is 5.26 Å². The lowest BCUT2D eigenvalue weighted by Gasteiger charge is -2.13. The van der Waals surface area contributed by atoms with Crippen LogP contribution < -0.4 is 16.2 Å². The molecule has 0 unspecified atom stereocenters. The van der Waals surface area contributed by atoms with Gasteiger partial charge in [0.15, 0.2) is 0 Å². The summed E-state index contributed by atoms with van der Waals surface area (Å²) in [6.45, 7) is 3.30. The van der Waals surface area contributed by atoms with Crippen molar-refractivity contribution in [3.05, 3.63) is 38.8 Å². The first kappa shape index (κ1) is 19.4. The Bertz CT molecular complexity index is 832. The maximum Gasteiger partial charge on any atom is 0.321 e. The molecule has 138 valence electrons. The first-order valence-corrected chi connectivity index (χ1v) is 8.66. The molecule has 1 heterocycles. The highest BCUT2D eigenvalue weighted by Crippen LogP contribution is 2.19. The molecular formula is C18H23N5O3.